The molecule has 6 heteroatoms. The average molecular weight is 481 g/mol. The van der Waals surface area contributed by atoms with E-state index in [0.29, 0.717) is 32.5 Å². The zero-order chi connectivity index (χ0) is 24.3. The number of aryl methyl sites for hydroxylation is 2. The maximum atomic E-state index is 13.4. The Kier molecular flexibility index (Phi) is 9.83. The van der Waals surface area contributed by atoms with Gasteiger partial charge >= 0.3 is 0 Å². The molecule has 180 valence electrons. The van der Waals surface area contributed by atoms with Gasteiger partial charge in [0.1, 0.15) is 5.82 Å². The van der Waals surface area contributed by atoms with E-state index in [1.165, 1.54) is 17.0 Å². The fourth-order valence-electron chi connectivity index (χ4n) is 3.76. The van der Waals surface area contributed by atoms with Crippen LogP contribution in [0.15, 0.2) is 66.7 Å². The number of thiophene rings is 1. The standard InChI is InChI=1S/C28H33FN2O2S/c1-3-4-18-30(27(32)17-13-23-8-6-5-7-9-23)21-28(33)31(20-26-16-10-22(2)34-26)19-24-11-14-25(29)15-12-24/h5-12,14-16H,3-4,13,17-21H2,1-2H3. The summed E-state index contributed by atoms with van der Waals surface area (Å²) < 4.78 is 13.4. The van der Waals surface area contributed by atoms with E-state index >= 15 is 0 Å². The first-order valence-corrected chi connectivity index (χ1v) is 12.7. The summed E-state index contributed by atoms with van der Waals surface area (Å²) in [6, 6.07) is 20.2. The highest BCUT2D eigenvalue weighted by Gasteiger charge is 2.22. The number of benzene rings is 2. The van der Waals surface area contributed by atoms with Gasteiger partial charge in [-0.25, -0.2) is 4.39 Å². The molecule has 0 aliphatic heterocycles. The molecule has 0 aliphatic carbocycles. The first kappa shape index (κ1) is 25.6. The van der Waals surface area contributed by atoms with Gasteiger partial charge in [-0.1, -0.05) is 55.8 Å². The number of amides is 2. The van der Waals surface area contributed by atoms with Gasteiger partial charge in [-0.2, -0.15) is 0 Å². The molecule has 0 unspecified atom stereocenters. The van der Waals surface area contributed by atoms with Gasteiger partial charge in [-0.05, 0) is 55.2 Å². The van der Waals surface area contributed by atoms with Crippen molar-refractivity contribution >= 4 is 23.2 Å². The Hall–Kier alpha value is -2.99. The molecule has 3 rings (SSSR count). The lowest BCUT2D eigenvalue weighted by Crippen LogP contribution is -2.43. The minimum atomic E-state index is -0.301. The van der Waals surface area contributed by atoms with Crippen molar-refractivity contribution in [2.75, 3.05) is 13.1 Å². The number of halogens is 1. The van der Waals surface area contributed by atoms with Crippen LogP contribution in [0.25, 0.3) is 0 Å². The molecule has 0 aliphatic rings. The summed E-state index contributed by atoms with van der Waals surface area (Å²) in [6.07, 6.45) is 2.84. The van der Waals surface area contributed by atoms with Gasteiger partial charge in [0.25, 0.3) is 0 Å². The van der Waals surface area contributed by atoms with E-state index in [2.05, 4.69) is 6.92 Å². The third-order valence-electron chi connectivity index (χ3n) is 5.71. The monoisotopic (exact) mass is 480 g/mol. The Balaban J connectivity index is 1.71. The van der Waals surface area contributed by atoms with Gasteiger partial charge in [0.15, 0.2) is 0 Å². The molecule has 0 saturated carbocycles. The molecule has 0 N–H and O–H groups in total. The second-order valence-electron chi connectivity index (χ2n) is 8.54. The van der Waals surface area contributed by atoms with Gasteiger partial charge in [0, 0.05) is 29.3 Å². The van der Waals surface area contributed by atoms with Crippen LogP contribution < -0.4 is 0 Å². The largest absolute Gasteiger partial charge is 0.333 e. The molecule has 2 aromatic carbocycles. The van der Waals surface area contributed by atoms with Gasteiger partial charge < -0.3 is 9.80 Å². The normalized spacial score (nSPS) is 10.8. The van der Waals surface area contributed by atoms with Crippen molar-refractivity contribution in [1.29, 1.82) is 0 Å². The van der Waals surface area contributed by atoms with Gasteiger partial charge in [-0.15, -0.1) is 11.3 Å². The lowest BCUT2D eigenvalue weighted by atomic mass is 10.1. The van der Waals surface area contributed by atoms with Crippen molar-refractivity contribution in [3.05, 3.63) is 93.4 Å². The van der Waals surface area contributed by atoms with E-state index < -0.39 is 0 Å². The van der Waals surface area contributed by atoms with Crippen molar-refractivity contribution in [2.24, 2.45) is 0 Å². The summed E-state index contributed by atoms with van der Waals surface area (Å²) in [5.74, 6) is -0.399. The number of hydrogen-bond donors (Lipinski definition) is 0. The minimum absolute atomic E-state index is 0.000599. The second-order valence-corrected chi connectivity index (χ2v) is 9.92. The fourth-order valence-corrected chi connectivity index (χ4v) is 4.67. The van der Waals surface area contributed by atoms with Crippen LogP contribution in [0, 0.1) is 12.7 Å². The van der Waals surface area contributed by atoms with Crippen molar-refractivity contribution in [3.63, 3.8) is 0 Å². The van der Waals surface area contributed by atoms with Crippen LogP contribution in [0.5, 0.6) is 0 Å². The van der Waals surface area contributed by atoms with E-state index in [4.69, 9.17) is 0 Å². The maximum Gasteiger partial charge on any atom is 0.242 e. The van der Waals surface area contributed by atoms with Crippen LogP contribution in [0.2, 0.25) is 0 Å². The minimum Gasteiger partial charge on any atom is -0.333 e. The number of nitrogens with zero attached hydrogens (tertiary/aromatic N) is 2. The number of unbranched alkanes of at least 4 members (excludes halogenated alkanes) is 1. The Labute approximate surface area is 206 Å². The highest BCUT2D eigenvalue weighted by molar-refractivity contribution is 7.11. The summed E-state index contributed by atoms with van der Waals surface area (Å²) in [5, 5.41) is 0. The average Bonchev–Trinajstić information content (AvgIpc) is 3.26. The van der Waals surface area contributed by atoms with Gasteiger partial charge in [0.05, 0.1) is 13.1 Å². The van der Waals surface area contributed by atoms with E-state index in [1.807, 2.05) is 49.4 Å². The van der Waals surface area contributed by atoms with Crippen molar-refractivity contribution in [2.45, 2.75) is 52.6 Å². The Morgan fingerprint density at radius 3 is 2.24 bits per heavy atom. The van der Waals surface area contributed by atoms with Crippen LogP contribution in [0.3, 0.4) is 0 Å². The van der Waals surface area contributed by atoms with E-state index in [1.54, 1.807) is 33.3 Å². The summed E-state index contributed by atoms with van der Waals surface area (Å²) in [4.78, 5) is 32.2. The molecule has 2 amide bonds. The molecule has 0 saturated heterocycles. The molecule has 0 fully saturated rings. The van der Waals surface area contributed by atoms with E-state index in [9.17, 15) is 14.0 Å². The number of hydrogen-bond acceptors (Lipinski definition) is 3. The SMILES string of the molecule is CCCCN(CC(=O)N(Cc1ccc(F)cc1)Cc1ccc(C)s1)C(=O)CCc1ccccc1. The molecule has 1 aromatic heterocycles. The summed E-state index contributed by atoms with van der Waals surface area (Å²) >= 11 is 1.66. The molecule has 3 aromatic rings. The predicted octanol–water partition coefficient (Wildman–Crippen LogP) is 5.99. The third-order valence-corrected chi connectivity index (χ3v) is 6.70. The zero-order valence-corrected chi connectivity index (χ0v) is 20.8. The Morgan fingerprint density at radius 2 is 1.59 bits per heavy atom. The number of rotatable bonds is 12. The molecule has 0 atom stereocenters. The molecular weight excluding hydrogens is 447 g/mol. The van der Waals surface area contributed by atoms with Crippen LogP contribution >= 0.6 is 11.3 Å². The van der Waals surface area contributed by atoms with E-state index in [-0.39, 0.29) is 24.2 Å². The second kappa shape index (κ2) is 13.0. The first-order chi connectivity index (χ1) is 16.4. The highest BCUT2D eigenvalue weighted by Crippen LogP contribution is 2.19. The van der Waals surface area contributed by atoms with Crippen molar-refractivity contribution in [1.82, 2.24) is 9.80 Å². The molecule has 0 spiro atoms. The lowest BCUT2D eigenvalue weighted by molar-refractivity contribution is -0.141. The highest BCUT2D eigenvalue weighted by atomic mass is 32.1. The zero-order valence-electron chi connectivity index (χ0n) is 20.0. The number of carbonyl (C=O) groups is 2. The molecule has 0 bridgehead atoms. The van der Waals surface area contributed by atoms with Gasteiger partial charge in [0.2, 0.25) is 11.8 Å². The smallest absolute Gasteiger partial charge is 0.242 e. The quantitative estimate of drug-likeness (QED) is 0.320. The van der Waals surface area contributed by atoms with Crippen LogP contribution in [0.4, 0.5) is 4.39 Å². The molecular formula is C28H33FN2O2S. The van der Waals surface area contributed by atoms with Crippen LogP contribution in [-0.2, 0) is 29.1 Å². The molecule has 34 heavy (non-hydrogen) atoms. The summed E-state index contributed by atoms with van der Waals surface area (Å²) in [6.45, 7) is 5.58. The third kappa shape index (κ3) is 8.10. The van der Waals surface area contributed by atoms with Crippen molar-refractivity contribution < 1.29 is 14.0 Å². The summed E-state index contributed by atoms with van der Waals surface area (Å²) in [5.41, 5.74) is 1.97. The first-order valence-electron chi connectivity index (χ1n) is 11.8. The fraction of sp³-hybridized carbons (Fsp3) is 0.357. The number of carbonyl (C=O) groups excluding carboxylic acids is 2. The lowest BCUT2D eigenvalue weighted by Gasteiger charge is -2.28. The van der Waals surface area contributed by atoms with Crippen LogP contribution in [-0.4, -0.2) is 34.7 Å². The van der Waals surface area contributed by atoms with E-state index in [0.717, 1.165) is 28.8 Å². The van der Waals surface area contributed by atoms with Gasteiger partial charge in [-0.3, -0.25) is 9.59 Å². The summed E-state index contributed by atoms with van der Waals surface area (Å²) in [7, 11) is 0. The Bertz CT molecular complexity index is 1050. The molecule has 1 heterocycles. The molecule has 4 nitrogen and oxygen atoms in total. The van der Waals surface area contributed by atoms with Crippen molar-refractivity contribution in [3.8, 4) is 0 Å². The topological polar surface area (TPSA) is 40.6 Å². The van der Waals surface area contributed by atoms with Crippen LogP contribution in [0.1, 0.15) is 47.1 Å². The Morgan fingerprint density at radius 1 is 0.853 bits per heavy atom. The maximum absolute atomic E-state index is 13.4. The predicted molar refractivity (Wildman–Crippen MR) is 136 cm³/mol. The molecule has 0 radical (unpaired) electrons.